The molecule has 0 spiro atoms. The molecule has 0 aliphatic carbocycles. The van der Waals surface area contributed by atoms with Crippen LogP contribution in [0.15, 0.2) is 57.4 Å². The second-order valence-corrected chi connectivity index (χ2v) is 7.00. The van der Waals surface area contributed by atoms with Crippen molar-refractivity contribution in [2.45, 2.75) is 14.8 Å². The van der Waals surface area contributed by atoms with Crippen LogP contribution in [0.25, 0.3) is 0 Å². The zero-order valence-corrected chi connectivity index (χ0v) is 12.1. The predicted molar refractivity (Wildman–Crippen MR) is 74.9 cm³/mol. The zero-order chi connectivity index (χ0) is 14.8. The van der Waals surface area contributed by atoms with E-state index in [2.05, 4.69) is 4.98 Å². The summed E-state index contributed by atoms with van der Waals surface area (Å²) >= 11 is 1.02. The number of carboxylic acids is 1. The van der Waals surface area contributed by atoms with E-state index in [-0.39, 0.29) is 15.5 Å². The Hall–Kier alpha value is -1.86. The Bertz CT molecular complexity index is 756. The number of carboxylic acid groups (broad SMARTS) is 1. The van der Waals surface area contributed by atoms with Gasteiger partial charge < -0.3 is 5.11 Å². The molecule has 0 aliphatic heterocycles. The van der Waals surface area contributed by atoms with Gasteiger partial charge in [-0.3, -0.25) is 0 Å². The first-order valence-corrected chi connectivity index (χ1v) is 8.25. The summed E-state index contributed by atoms with van der Waals surface area (Å²) in [5.74, 6) is -1.10. The fourth-order valence-electron chi connectivity index (χ4n) is 1.58. The Kier molecular flexibility index (Phi) is 4.10. The highest BCUT2D eigenvalue weighted by Gasteiger charge is 2.17. The van der Waals surface area contributed by atoms with Crippen LogP contribution in [0.2, 0.25) is 0 Å². The Morgan fingerprint density at radius 2 is 1.90 bits per heavy atom. The van der Waals surface area contributed by atoms with Gasteiger partial charge in [0, 0.05) is 17.3 Å². The third-order valence-electron chi connectivity index (χ3n) is 2.46. The summed E-state index contributed by atoms with van der Waals surface area (Å²) in [6, 6.07) is 9.39. The van der Waals surface area contributed by atoms with Gasteiger partial charge in [0.15, 0.2) is 9.84 Å². The molecule has 20 heavy (non-hydrogen) atoms. The fourth-order valence-corrected chi connectivity index (χ4v) is 3.82. The Labute approximate surface area is 120 Å². The highest BCUT2D eigenvalue weighted by molar-refractivity contribution is 8.00. The maximum atomic E-state index is 11.7. The van der Waals surface area contributed by atoms with Crippen molar-refractivity contribution in [2.24, 2.45) is 0 Å². The highest BCUT2D eigenvalue weighted by Crippen LogP contribution is 2.33. The van der Waals surface area contributed by atoms with Crippen LogP contribution in [0.5, 0.6) is 0 Å². The summed E-state index contributed by atoms with van der Waals surface area (Å²) in [4.78, 5) is 15.7. The molecule has 0 fully saturated rings. The molecule has 1 aromatic carbocycles. The largest absolute Gasteiger partial charge is 0.478 e. The van der Waals surface area contributed by atoms with Crippen LogP contribution in [0.3, 0.4) is 0 Å². The predicted octanol–water partition coefficient (Wildman–Crippen LogP) is 2.33. The Morgan fingerprint density at radius 3 is 2.55 bits per heavy atom. The average molecular weight is 309 g/mol. The van der Waals surface area contributed by atoms with Gasteiger partial charge in [-0.2, -0.15) is 0 Å². The summed E-state index contributed by atoms with van der Waals surface area (Å²) in [6.07, 6.45) is 2.58. The molecule has 0 amide bonds. The third kappa shape index (κ3) is 3.17. The molecule has 5 nitrogen and oxygen atoms in total. The number of sulfone groups is 1. The van der Waals surface area contributed by atoms with Crippen molar-refractivity contribution < 1.29 is 18.3 Å². The van der Waals surface area contributed by atoms with E-state index in [1.807, 2.05) is 0 Å². The van der Waals surface area contributed by atoms with E-state index in [9.17, 15) is 13.2 Å². The number of aromatic nitrogens is 1. The molecule has 0 atom stereocenters. The molecule has 0 aliphatic rings. The lowest BCUT2D eigenvalue weighted by Crippen LogP contribution is -2.02. The van der Waals surface area contributed by atoms with Crippen LogP contribution in [0.4, 0.5) is 0 Å². The molecule has 0 radical (unpaired) electrons. The number of benzene rings is 1. The number of pyridine rings is 1. The van der Waals surface area contributed by atoms with E-state index in [1.165, 1.54) is 24.4 Å². The molecule has 1 aromatic heterocycles. The lowest BCUT2D eigenvalue weighted by Gasteiger charge is -2.08. The standard InChI is InChI=1S/C13H11NO4S2/c1-20(17,18)11-7-3-2-6-10(11)19-12-9(13(15)16)5-4-8-14-12/h2-8H,1H3,(H,15,16). The van der Waals surface area contributed by atoms with Gasteiger partial charge >= 0.3 is 5.97 Å². The van der Waals surface area contributed by atoms with Crippen molar-refractivity contribution in [3.63, 3.8) is 0 Å². The smallest absolute Gasteiger partial charge is 0.338 e. The monoisotopic (exact) mass is 309 g/mol. The molecule has 1 heterocycles. The van der Waals surface area contributed by atoms with E-state index in [1.54, 1.807) is 18.2 Å². The van der Waals surface area contributed by atoms with Gasteiger partial charge in [0.05, 0.1) is 10.5 Å². The lowest BCUT2D eigenvalue weighted by molar-refractivity contribution is 0.0692. The van der Waals surface area contributed by atoms with Gasteiger partial charge in [-0.15, -0.1) is 0 Å². The molecule has 2 rings (SSSR count). The summed E-state index contributed by atoms with van der Waals surface area (Å²) in [7, 11) is -3.38. The number of hydrogen-bond acceptors (Lipinski definition) is 5. The fraction of sp³-hybridized carbons (Fsp3) is 0.0769. The normalized spacial score (nSPS) is 11.2. The molecular formula is C13H11NO4S2. The number of hydrogen-bond donors (Lipinski definition) is 1. The van der Waals surface area contributed by atoms with Crippen LogP contribution in [-0.2, 0) is 9.84 Å². The first-order chi connectivity index (χ1) is 9.39. The summed E-state index contributed by atoms with van der Waals surface area (Å²) in [5.41, 5.74) is 0.0424. The number of nitrogens with zero attached hydrogens (tertiary/aromatic N) is 1. The SMILES string of the molecule is CS(=O)(=O)c1ccccc1Sc1ncccc1C(=O)O. The molecule has 2 aromatic rings. The molecule has 0 saturated carbocycles. The molecule has 0 saturated heterocycles. The van der Waals surface area contributed by atoms with Crippen LogP contribution in [-0.4, -0.2) is 30.7 Å². The van der Waals surface area contributed by atoms with E-state index in [4.69, 9.17) is 5.11 Å². The van der Waals surface area contributed by atoms with Crippen LogP contribution < -0.4 is 0 Å². The van der Waals surface area contributed by atoms with Crippen molar-refractivity contribution in [3.05, 3.63) is 48.2 Å². The van der Waals surface area contributed by atoms with E-state index in [0.717, 1.165) is 18.0 Å². The molecule has 104 valence electrons. The lowest BCUT2D eigenvalue weighted by atomic mass is 10.3. The highest BCUT2D eigenvalue weighted by atomic mass is 32.2. The summed E-state index contributed by atoms with van der Waals surface area (Å²) < 4.78 is 23.4. The molecule has 1 N–H and O–H groups in total. The van der Waals surface area contributed by atoms with Gasteiger partial charge in [-0.05, 0) is 24.3 Å². The third-order valence-corrected chi connectivity index (χ3v) is 4.84. The second kappa shape index (κ2) is 5.64. The number of aromatic carboxylic acids is 1. The Balaban J connectivity index is 2.49. The van der Waals surface area contributed by atoms with Gasteiger partial charge in [-0.25, -0.2) is 18.2 Å². The van der Waals surface area contributed by atoms with Gasteiger partial charge in [0.25, 0.3) is 0 Å². The topological polar surface area (TPSA) is 84.3 Å². The minimum Gasteiger partial charge on any atom is -0.478 e. The molecule has 7 heteroatoms. The van der Waals surface area contributed by atoms with Gasteiger partial charge in [0.1, 0.15) is 5.03 Å². The minimum absolute atomic E-state index is 0.0424. The second-order valence-electron chi connectivity index (χ2n) is 3.98. The average Bonchev–Trinajstić information content (AvgIpc) is 2.38. The summed E-state index contributed by atoms with van der Waals surface area (Å²) in [5, 5.41) is 9.36. The van der Waals surface area contributed by atoms with Gasteiger partial charge in [0.2, 0.25) is 0 Å². The van der Waals surface area contributed by atoms with Crippen molar-refractivity contribution >= 4 is 27.6 Å². The minimum atomic E-state index is -3.38. The van der Waals surface area contributed by atoms with Crippen LogP contribution >= 0.6 is 11.8 Å². The first-order valence-electron chi connectivity index (χ1n) is 5.55. The van der Waals surface area contributed by atoms with Crippen molar-refractivity contribution in [3.8, 4) is 0 Å². The van der Waals surface area contributed by atoms with Crippen LogP contribution in [0.1, 0.15) is 10.4 Å². The molecule has 0 unspecified atom stereocenters. The van der Waals surface area contributed by atoms with Crippen LogP contribution in [0, 0.1) is 0 Å². The number of carbonyl (C=O) groups is 1. The van der Waals surface area contributed by atoms with Gasteiger partial charge in [-0.1, -0.05) is 23.9 Å². The quantitative estimate of drug-likeness (QED) is 0.933. The summed E-state index contributed by atoms with van der Waals surface area (Å²) in [6.45, 7) is 0. The van der Waals surface area contributed by atoms with Crippen molar-refractivity contribution in [2.75, 3.05) is 6.26 Å². The first kappa shape index (κ1) is 14.5. The van der Waals surface area contributed by atoms with Crippen molar-refractivity contribution in [1.82, 2.24) is 4.98 Å². The Morgan fingerprint density at radius 1 is 1.20 bits per heavy atom. The molecular weight excluding hydrogens is 298 g/mol. The number of rotatable bonds is 4. The molecule has 0 bridgehead atoms. The maximum absolute atomic E-state index is 11.7. The zero-order valence-electron chi connectivity index (χ0n) is 10.5. The van der Waals surface area contributed by atoms with E-state index >= 15 is 0 Å². The van der Waals surface area contributed by atoms with E-state index in [0.29, 0.717) is 4.90 Å². The van der Waals surface area contributed by atoms with E-state index < -0.39 is 15.8 Å². The maximum Gasteiger partial charge on any atom is 0.338 e. The van der Waals surface area contributed by atoms with Crippen molar-refractivity contribution in [1.29, 1.82) is 0 Å².